The van der Waals surface area contributed by atoms with Crippen LogP contribution in [0.4, 0.5) is 52.7 Å². The van der Waals surface area contributed by atoms with E-state index in [0.717, 1.165) is 24.3 Å². The van der Waals surface area contributed by atoms with Gasteiger partial charge in [-0.25, -0.2) is 38.3 Å². The zero-order chi connectivity index (χ0) is 59.7. The second-order valence-corrected chi connectivity index (χ2v) is 17.1. The summed E-state index contributed by atoms with van der Waals surface area (Å²) in [6.07, 6.45) is -21.0. The molecule has 428 valence electrons. The van der Waals surface area contributed by atoms with Crippen LogP contribution in [0.25, 0.3) is 34.2 Å². The van der Waals surface area contributed by atoms with Gasteiger partial charge in [-0.1, -0.05) is 47.5 Å². The quantitative estimate of drug-likeness (QED) is 0.0700. The summed E-state index contributed by atoms with van der Waals surface area (Å²) < 4.78 is 167. The Bertz CT molecular complexity index is 3770. The average molecular weight is 1200 g/mol. The fourth-order valence-corrected chi connectivity index (χ4v) is 7.25. The molecule has 81 heavy (non-hydrogen) atoms. The number of nitrogens with two attached hydrogens (primary N) is 2. The van der Waals surface area contributed by atoms with E-state index in [9.17, 15) is 86.9 Å². The molecule has 23 nitrogen and oxygen atoms in total. The average Bonchev–Trinajstić information content (AvgIpc) is 4.34. The van der Waals surface area contributed by atoms with Crippen LogP contribution in [0.5, 0.6) is 11.5 Å². The lowest BCUT2D eigenvalue weighted by Crippen LogP contribution is -2.50. The van der Waals surface area contributed by atoms with E-state index >= 15 is 0 Å². The van der Waals surface area contributed by atoms with E-state index in [-0.39, 0.29) is 38.5 Å². The van der Waals surface area contributed by atoms with Crippen molar-refractivity contribution in [3.63, 3.8) is 0 Å². The van der Waals surface area contributed by atoms with E-state index in [1.807, 2.05) is 0 Å². The van der Waals surface area contributed by atoms with Crippen molar-refractivity contribution < 1.29 is 86.8 Å². The molecular weight excluding hydrogens is 1170 g/mol. The number of Topliss-reactive ketones (excluding diaryl/α,β-unsaturated/α-hetero) is 1. The third-order valence-corrected chi connectivity index (χ3v) is 11.0. The number of nitrogens with zero attached hydrogens (tertiary/aromatic N) is 12. The fourth-order valence-electron chi connectivity index (χ4n) is 6.99. The van der Waals surface area contributed by atoms with Gasteiger partial charge in [-0.2, -0.15) is 26.3 Å². The Hall–Kier alpha value is -9.09. The first-order valence-corrected chi connectivity index (χ1v) is 22.6. The molecule has 4 aromatic heterocycles. The van der Waals surface area contributed by atoms with Crippen molar-refractivity contribution in [3.05, 3.63) is 151 Å². The predicted molar refractivity (Wildman–Crippen MR) is 249 cm³/mol. The number of alkyl halides is 12. The summed E-state index contributed by atoms with van der Waals surface area (Å²) in [5.41, 5.74) is 7.53. The summed E-state index contributed by atoms with van der Waals surface area (Å²) in [6.45, 7) is -4.51. The molecule has 0 bridgehead atoms. The van der Waals surface area contributed by atoms with Gasteiger partial charge in [0.1, 0.15) is 24.5 Å². The van der Waals surface area contributed by atoms with Gasteiger partial charge in [0.25, 0.3) is 23.4 Å². The Morgan fingerprint density at radius 2 is 0.914 bits per heavy atom. The van der Waals surface area contributed by atoms with Gasteiger partial charge in [0.05, 0.1) is 13.1 Å². The van der Waals surface area contributed by atoms with Crippen LogP contribution in [0.3, 0.4) is 0 Å². The summed E-state index contributed by atoms with van der Waals surface area (Å²) in [6, 6.07) is 19.8. The van der Waals surface area contributed by atoms with Gasteiger partial charge in [0.15, 0.2) is 34.8 Å². The number of aromatic nitrogens is 12. The number of hydrogen-bond acceptors (Lipinski definition) is 15. The monoisotopic (exact) mass is 1200 g/mol. The van der Waals surface area contributed by atoms with Crippen LogP contribution in [-0.4, -0.2) is 117 Å². The highest BCUT2D eigenvalue weighted by molar-refractivity contribution is 6.30. The number of hydrogen-bond donors (Lipinski definition) is 4. The maximum absolute atomic E-state index is 13.2. The fraction of sp³-hybridized carbons (Fsp3) is 0.205. The number of carbonyl (C=O) groups is 3. The predicted octanol–water partition coefficient (Wildman–Crippen LogP) is 5.36. The maximum Gasteiger partial charge on any atom is 0.573 e. The molecule has 0 spiro atoms. The Morgan fingerprint density at radius 3 is 1.27 bits per heavy atom. The molecule has 0 aliphatic carbocycles. The molecule has 2 amide bonds. The van der Waals surface area contributed by atoms with Crippen molar-refractivity contribution >= 4 is 40.8 Å². The van der Waals surface area contributed by atoms with E-state index in [4.69, 9.17) is 34.7 Å². The van der Waals surface area contributed by atoms with Crippen molar-refractivity contribution in [2.75, 3.05) is 0 Å². The molecule has 0 radical (unpaired) electrons. The molecular formula is C44H30Cl2F12N14O9. The first-order valence-electron chi connectivity index (χ1n) is 21.8. The Balaban J connectivity index is 0.000000234. The Morgan fingerprint density at radius 1 is 0.543 bits per heavy atom. The van der Waals surface area contributed by atoms with Gasteiger partial charge in [0.2, 0.25) is 11.6 Å². The van der Waals surface area contributed by atoms with E-state index in [1.54, 1.807) is 0 Å². The maximum atomic E-state index is 13.2. The molecule has 6 N–H and O–H groups in total. The number of halogens is 14. The summed E-state index contributed by atoms with van der Waals surface area (Å²) in [5.74, 6) is -13.5. The molecule has 4 aromatic carbocycles. The van der Waals surface area contributed by atoms with E-state index < -0.39 is 127 Å². The number of ether oxygens (including phenoxy) is 2. The van der Waals surface area contributed by atoms with Crippen LogP contribution < -0.4 is 32.3 Å². The largest absolute Gasteiger partial charge is 0.573 e. The molecule has 8 aromatic rings. The van der Waals surface area contributed by atoms with Crippen molar-refractivity contribution in [1.29, 1.82) is 0 Å². The van der Waals surface area contributed by atoms with Crippen LogP contribution in [-0.2, 0) is 31.0 Å². The molecule has 37 heteroatoms. The molecule has 0 unspecified atom stereocenters. The molecule has 0 aliphatic rings. The third-order valence-electron chi connectivity index (χ3n) is 10.5. The number of carbonyl (C=O) groups excluding carboxylic acids is 3. The second kappa shape index (κ2) is 22.6. The van der Waals surface area contributed by atoms with Gasteiger partial charge >= 0.3 is 36.5 Å². The van der Waals surface area contributed by atoms with Crippen LogP contribution in [0.2, 0.25) is 10.0 Å². The zero-order valence-electron chi connectivity index (χ0n) is 39.6. The molecule has 0 fully saturated rings. The number of para-hydroxylation sites is 4. The van der Waals surface area contributed by atoms with Crippen molar-refractivity contribution in [2.45, 2.75) is 57.0 Å². The third kappa shape index (κ3) is 14.0. The summed E-state index contributed by atoms with van der Waals surface area (Å²) >= 11 is 11.7. The van der Waals surface area contributed by atoms with Gasteiger partial charge in [-0.3, -0.25) is 23.5 Å². The number of amides is 2. The normalized spacial score (nSPS) is 12.2. The number of rotatable bonds is 16. The minimum absolute atomic E-state index is 0.0535. The lowest BCUT2D eigenvalue weighted by Gasteiger charge is -2.24. The SMILES string of the molecule is NC(=O)c1nc(Cn2nc(-c3ccc(Cl)cc3)n(CC(=O)C(F)(F)F)c2=O)nn1-c1ccccc1OC(F)(F)F.NC(=O)c1nc(Cn2nc(-c3ccc(Cl)cc3)n(CC(O)(O)C(F)(F)F)c2=O)nn1-c1ccccc1OC(F)(F)F. The second-order valence-electron chi connectivity index (χ2n) is 16.2. The molecule has 0 saturated heterocycles. The molecule has 0 saturated carbocycles. The summed E-state index contributed by atoms with van der Waals surface area (Å²) in [5, 5.41) is 35.5. The van der Waals surface area contributed by atoms with Crippen molar-refractivity contribution in [3.8, 4) is 45.6 Å². The van der Waals surface area contributed by atoms with Gasteiger partial charge < -0.3 is 31.2 Å². The molecule has 0 atom stereocenters. The number of benzene rings is 4. The van der Waals surface area contributed by atoms with Gasteiger partial charge in [0, 0.05) is 21.2 Å². The van der Waals surface area contributed by atoms with E-state index in [2.05, 4.69) is 39.8 Å². The Labute approximate surface area is 450 Å². The first kappa shape index (κ1) is 59.6. The first-order chi connectivity index (χ1) is 37.6. The van der Waals surface area contributed by atoms with Crippen LogP contribution in [0.1, 0.15) is 32.9 Å². The highest BCUT2D eigenvalue weighted by Crippen LogP contribution is 2.33. The number of ketones is 1. The van der Waals surface area contributed by atoms with E-state index in [0.29, 0.717) is 27.9 Å². The van der Waals surface area contributed by atoms with Crippen LogP contribution in [0, 0.1) is 0 Å². The highest BCUT2D eigenvalue weighted by Gasteiger charge is 2.54. The minimum Gasteiger partial charge on any atom is -0.403 e. The lowest BCUT2D eigenvalue weighted by atomic mass is 10.2. The standard InChI is InChI=1S/C22H16ClF6N7O5.C22H14ClF6N7O4/c23-12-7-5-11(6-8-12)17-33-35(19(38)34(17)10-20(39,40)21(24,25)26)9-15-31-18(16(30)37)36(32-15)13-3-1-2-4-14(13)41-22(27,28)29;23-12-7-5-11(6-8-12)18-33-35(20(39)34(18)9-15(37)21(24,25)26)10-16-31-19(17(30)38)36(32-16)13-3-1-2-4-14(13)40-22(27,28)29/h1-8,39-40H,9-10H2,(H2,30,37);1-8H,9-10H2,(H2,30,38). The molecule has 4 heterocycles. The van der Waals surface area contributed by atoms with E-state index in [1.165, 1.54) is 72.8 Å². The topological polar surface area (TPSA) is 303 Å². The summed E-state index contributed by atoms with van der Waals surface area (Å²) in [7, 11) is 0. The van der Waals surface area contributed by atoms with Crippen molar-refractivity contribution in [1.82, 2.24) is 58.2 Å². The zero-order valence-corrected chi connectivity index (χ0v) is 41.1. The van der Waals surface area contributed by atoms with Crippen LogP contribution in [0.15, 0.2) is 107 Å². The number of aliphatic hydroxyl groups is 2. The molecule has 8 rings (SSSR count). The smallest absolute Gasteiger partial charge is 0.403 e. The van der Waals surface area contributed by atoms with Crippen LogP contribution >= 0.6 is 23.2 Å². The minimum atomic E-state index is -5.56. The Kier molecular flexibility index (Phi) is 16.6. The van der Waals surface area contributed by atoms with Gasteiger partial charge in [-0.05, 0) is 72.8 Å². The van der Waals surface area contributed by atoms with Gasteiger partial charge in [-0.15, -0.1) is 46.7 Å². The number of primary amides is 2. The highest BCUT2D eigenvalue weighted by atomic mass is 35.5. The van der Waals surface area contributed by atoms with Crippen molar-refractivity contribution in [2.24, 2.45) is 11.5 Å². The molecule has 0 aliphatic heterocycles. The summed E-state index contributed by atoms with van der Waals surface area (Å²) in [4.78, 5) is 69.5. The lowest BCUT2D eigenvalue weighted by molar-refractivity contribution is -0.353.